The van der Waals surface area contributed by atoms with Crippen LogP contribution >= 0.6 is 11.3 Å². The Morgan fingerprint density at radius 3 is 2.50 bits per heavy atom. The van der Waals surface area contributed by atoms with Crippen LogP contribution in [0.2, 0.25) is 0 Å². The molecular weight excluding hydrogens is 539 g/mol. The first kappa shape index (κ1) is 25.8. The Hall–Kier alpha value is -3.18. The third-order valence-corrected chi connectivity index (χ3v) is 9.89. The Morgan fingerprint density at radius 2 is 1.80 bits per heavy atom. The lowest BCUT2D eigenvalue weighted by Crippen LogP contribution is -2.70. The van der Waals surface area contributed by atoms with E-state index in [4.69, 9.17) is 19.7 Å². The fourth-order valence-electron chi connectivity index (χ4n) is 6.74. The lowest BCUT2D eigenvalue weighted by atomic mass is 9.34. The summed E-state index contributed by atoms with van der Waals surface area (Å²) < 4.78 is 48.8. The van der Waals surface area contributed by atoms with Gasteiger partial charge in [0.15, 0.2) is 5.65 Å². The van der Waals surface area contributed by atoms with E-state index in [9.17, 15) is 18.0 Å². The Bertz CT molecular complexity index is 1710. The predicted octanol–water partition coefficient (Wildman–Crippen LogP) is 6.18. The zero-order valence-corrected chi connectivity index (χ0v) is 23.2. The van der Waals surface area contributed by atoms with E-state index in [2.05, 4.69) is 4.98 Å². The van der Waals surface area contributed by atoms with Crippen LogP contribution in [0.4, 0.5) is 13.2 Å². The minimum atomic E-state index is -4.20. The van der Waals surface area contributed by atoms with Gasteiger partial charge in [-0.3, -0.25) is 9.36 Å². The SMILES string of the molecule is Cc1cc(-n2cc([C@H]3CC(c4nc(C56CC(C(F)(F)F)(C5)C6)c5nc(C)c(C)nc5n4)CCO3)ccc2=O)cs1. The molecule has 3 aliphatic carbocycles. The van der Waals surface area contributed by atoms with Gasteiger partial charge >= 0.3 is 6.18 Å². The zero-order chi connectivity index (χ0) is 28.0. The van der Waals surface area contributed by atoms with Crippen LogP contribution in [0, 0.1) is 26.2 Å². The van der Waals surface area contributed by atoms with Gasteiger partial charge in [-0.25, -0.2) is 19.9 Å². The fraction of sp³-hybridized carbons (Fsp3) is 0.483. The van der Waals surface area contributed by atoms with Gasteiger partial charge in [-0.15, -0.1) is 11.3 Å². The number of ether oxygens (including phenoxy) is 1. The van der Waals surface area contributed by atoms with Gasteiger partial charge in [0, 0.05) is 40.5 Å². The maximum absolute atomic E-state index is 13.7. The maximum atomic E-state index is 13.7. The highest BCUT2D eigenvalue weighted by atomic mass is 32.1. The highest BCUT2D eigenvalue weighted by Crippen LogP contribution is 2.78. The molecule has 208 valence electrons. The van der Waals surface area contributed by atoms with Gasteiger partial charge in [0.05, 0.1) is 34.3 Å². The summed E-state index contributed by atoms with van der Waals surface area (Å²) in [7, 11) is 0. The van der Waals surface area contributed by atoms with Crippen molar-refractivity contribution >= 4 is 22.5 Å². The van der Waals surface area contributed by atoms with E-state index in [1.807, 2.05) is 38.4 Å². The second-order valence-corrected chi connectivity index (χ2v) is 12.9. The van der Waals surface area contributed by atoms with Crippen molar-refractivity contribution in [3.63, 3.8) is 0 Å². The summed E-state index contributed by atoms with van der Waals surface area (Å²) >= 11 is 1.58. The standard InChI is InChI=1S/C29H28F3N5O2S/c1-15-8-20(11-40-15)37-10-19(4-5-22(37)38)21-9-18(6-7-39-21)25-35-24(23-26(36-25)34-17(3)16(2)33-23)27-12-28(13-27,14-27)29(30,31)32/h4-5,8,10-11,18,21H,6-7,9,12-14H2,1-3H3/t18?,21-,27?,28?/m1/s1. The van der Waals surface area contributed by atoms with Gasteiger partial charge in [0.2, 0.25) is 0 Å². The largest absolute Gasteiger partial charge is 0.394 e. The van der Waals surface area contributed by atoms with Crippen molar-refractivity contribution in [2.45, 2.75) is 76.5 Å². The minimum absolute atomic E-state index is 0.0453. The molecule has 8 rings (SSSR count). The summed E-state index contributed by atoms with van der Waals surface area (Å²) in [6.45, 7) is 6.18. The van der Waals surface area contributed by atoms with E-state index >= 15 is 0 Å². The van der Waals surface area contributed by atoms with Crippen LogP contribution in [0.3, 0.4) is 0 Å². The monoisotopic (exact) mass is 567 g/mol. The number of nitrogens with zero attached hydrogens (tertiary/aromatic N) is 5. The number of aromatic nitrogens is 5. The van der Waals surface area contributed by atoms with Gasteiger partial charge in [-0.1, -0.05) is 0 Å². The molecule has 4 aromatic rings. The average molecular weight is 568 g/mol. The van der Waals surface area contributed by atoms with Crippen LogP contribution in [0.25, 0.3) is 16.9 Å². The second kappa shape index (κ2) is 8.66. The fourth-order valence-corrected chi connectivity index (χ4v) is 7.41. The first-order valence-corrected chi connectivity index (χ1v) is 14.3. The smallest absolute Gasteiger partial charge is 0.373 e. The Kier molecular flexibility index (Phi) is 5.58. The average Bonchev–Trinajstić information content (AvgIpc) is 3.28. The Balaban J connectivity index is 1.24. The number of hydrogen-bond acceptors (Lipinski definition) is 7. The van der Waals surface area contributed by atoms with Crippen molar-refractivity contribution in [3.05, 3.63) is 73.5 Å². The van der Waals surface area contributed by atoms with Gasteiger partial charge in [-0.2, -0.15) is 13.2 Å². The van der Waals surface area contributed by atoms with Gasteiger partial charge in [0.1, 0.15) is 11.3 Å². The van der Waals surface area contributed by atoms with Crippen LogP contribution in [0.15, 0.2) is 34.6 Å². The quantitative estimate of drug-likeness (QED) is 0.293. The van der Waals surface area contributed by atoms with Crippen LogP contribution in [0.5, 0.6) is 0 Å². The molecule has 1 aliphatic heterocycles. The molecule has 1 saturated heterocycles. The summed E-state index contributed by atoms with van der Waals surface area (Å²) in [5, 5.41) is 1.95. The molecular formula is C29H28F3N5O2S. The molecule has 7 nitrogen and oxygen atoms in total. The molecule has 2 atom stereocenters. The van der Waals surface area contributed by atoms with E-state index in [0.717, 1.165) is 27.5 Å². The number of alkyl halides is 3. The highest BCUT2D eigenvalue weighted by Gasteiger charge is 2.79. The summed E-state index contributed by atoms with van der Waals surface area (Å²) in [5.41, 5.74) is 2.41. The van der Waals surface area contributed by atoms with Crippen LogP contribution in [-0.4, -0.2) is 37.3 Å². The second-order valence-electron chi connectivity index (χ2n) is 11.8. The maximum Gasteiger partial charge on any atom is 0.394 e. The van der Waals surface area contributed by atoms with E-state index in [0.29, 0.717) is 42.1 Å². The van der Waals surface area contributed by atoms with Crippen LogP contribution in [-0.2, 0) is 10.2 Å². The first-order valence-electron chi connectivity index (χ1n) is 13.5. The summed E-state index contributed by atoms with van der Waals surface area (Å²) in [6, 6.07) is 5.33. The molecule has 0 aromatic carbocycles. The third-order valence-electron chi connectivity index (χ3n) is 9.04. The molecule has 5 heterocycles. The summed E-state index contributed by atoms with van der Waals surface area (Å²) in [5.74, 6) is 0.513. The molecule has 3 saturated carbocycles. The normalized spacial score (nSPS) is 27.9. The molecule has 4 fully saturated rings. The highest BCUT2D eigenvalue weighted by molar-refractivity contribution is 7.10. The first-order chi connectivity index (χ1) is 19.0. The van der Waals surface area contributed by atoms with E-state index < -0.39 is 17.0 Å². The third kappa shape index (κ3) is 3.84. The number of fused-ring (bicyclic) bond motifs is 1. The minimum Gasteiger partial charge on any atom is -0.373 e. The van der Waals surface area contributed by atoms with E-state index in [-0.39, 0.29) is 36.8 Å². The topological polar surface area (TPSA) is 82.8 Å². The zero-order valence-electron chi connectivity index (χ0n) is 22.4. The molecule has 0 spiro atoms. The number of hydrogen-bond donors (Lipinski definition) is 0. The van der Waals surface area contributed by atoms with Crippen LogP contribution in [0.1, 0.15) is 77.5 Å². The Morgan fingerprint density at radius 1 is 1.05 bits per heavy atom. The Labute approximate surface area is 232 Å². The predicted molar refractivity (Wildman–Crippen MR) is 144 cm³/mol. The van der Waals surface area contributed by atoms with E-state index in [1.54, 1.807) is 28.0 Å². The summed E-state index contributed by atoms with van der Waals surface area (Å²) in [4.78, 5) is 32.9. The molecule has 0 amide bonds. The molecule has 1 unspecified atom stereocenters. The summed E-state index contributed by atoms with van der Waals surface area (Å²) in [6.07, 6.45) is -1.24. The molecule has 11 heteroatoms. The number of aryl methyl sites for hydroxylation is 3. The number of halogens is 3. The van der Waals surface area contributed by atoms with Crippen LogP contribution < -0.4 is 5.56 Å². The van der Waals surface area contributed by atoms with Crippen molar-refractivity contribution < 1.29 is 17.9 Å². The van der Waals surface area contributed by atoms with Crippen molar-refractivity contribution in [1.82, 2.24) is 24.5 Å². The van der Waals surface area contributed by atoms with Crippen molar-refractivity contribution in [3.8, 4) is 5.69 Å². The van der Waals surface area contributed by atoms with Crippen molar-refractivity contribution in [1.29, 1.82) is 0 Å². The number of pyridine rings is 1. The molecule has 0 radical (unpaired) electrons. The van der Waals surface area contributed by atoms with Crippen molar-refractivity contribution in [2.75, 3.05) is 6.61 Å². The molecule has 4 aromatic heterocycles. The number of thiophene rings is 1. The van der Waals surface area contributed by atoms with E-state index in [1.165, 1.54) is 0 Å². The molecule has 2 bridgehead atoms. The molecule has 4 aliphatic rings. The van der Waals surface area contributed by atoms with Gasteiger partial charge < -0.3 is 4.74 Å². The van der Waals surface area contributed by atoms with Crippen molar-refractivity contribution in [2.24, 2.45) is 5.41 Å². The molecule has 0 N–H and O–H groups in total. The van der Waals surface area contributed by atoms with Gasteiger partial charge in [0.25, 0.3) is 5.56 Å². The van der Waals surface area contributed by atoms with Gasteiger partial charge in [-0.05, 0) is 70.6 Å². The molecule has 40 heavy (non-hydrogen) atoms. The number of rotatable bonds is 4. The lowest BCUT2D eigenvalue weighted by Gasteiger charge is -2.70. The lowest BCUT2D eigenvalue weighted by molar-refractivity contribution is -0.337.